The number of Topliss-reactive ketones (excluding diaryl/α,β-unsaturated/α-hetero) is 1. The molecule has 0 radical (unpaired) electrons. The summed E-state index contributed by atoms with van der Waals surface area (Å²) in [6.45, 7) is 13.6. The molecule has 3 nitrogen and oxygen atoms in total. The predicted octanol–water partition coefficient (Wildman–Crippen LogP) is 8.66. The van der Waals surface area contributed by atoms with Crippen LogP contribution in [0.1, 0.15) is 62.7 Å². The van der Waals surface area contributed by atoms with E-state index in [-0.39, 0.29) is 11.5 Å². The summed E-state index contributed by atoms with van der Waals surface area (Å²) >= 11 is 1.37. The molecule has 5 heteroatoms. The van der Waals surface area contributed by atoms with Crippen LogP contribution in [0.5, 0.6) is 11.5 Å². The second-order valence-electron chi connectivity index (χ2n) is 9.68. The molecule has 34 heavy (non-hydrogen) atoms. The number of hydrogen-bond acceptors (Lipinski definition) is 4. The Morgan fingerprint density at radius 3 is 1.82 bits per heavy atom. The van der Waals surface area contributed by atoms with Crippen molar-refractivity contribution in [2.24, 2.45) is 0 Å². The van der Waals surface area contributed by atoms with Crippen LogP contribution in [0.4, 0.5) is 0 Å². The summed E-state index contributed by atoms with van der Waals surface area (Å²) in [6.07, 6.45) is 0. The van der Waals surface area contributed by atoms with Gasteiger partial charge in [0.15, 0.2) is 5.78 Å². The Bertz CT molecular complexity index is 1060. The van der Waals surface area contributed by atoms with Crippen LogP contribution < -0.4 is 4.43 Å². The van der Waals surface area contributed by atoms with Crippen molar-refractivity contribution in [1.29, 1.82) is 0 Å². The van der Waals surface area contributed by atoms with Crippen LogP contribution in [-0.4, -0.2) is 19.2 Å². The highest BCUT2D eigenvalue weighted by Gasteiger charge is 2.47. The number of carbonyl (C=O) groups is 1. The topological polar surface area (TPSA) is 46.5 Å². The summed E-state index contributed by atoms with van der Waals surface area (Å²) in [6, 6.07) is 24.5. The minimum Gasteiger partial charge on any atom is -0.543 e. The smallest absolute Gasteiger partial charge is 0.258 e. The molecule has 0 spiro atoms. The molecule has 3 aromatic carbocycles. The van der Waals surface area contributed by atoms with Crippen LogP contribution in [-0.2, 0) is 0 Å². The van der Waals surface area contributed by atoms with Gasteiger partial charge in [0.2, 0.25) is 0 Å². The Labute approximate surface area is 209 Å². The zero-order valence-electron chi connectivity index (χ0n) is 21.0. The molecule has 3 aromatic rings. The van der Waals surface area contributed by atoms with Crippen LogP contribution >= 0.6 is 11.8 Å². The summed E-state index contributed by atoms with van der Waals surface area (Å²) in [4.78, 5) is 14.3. The van der Waals surface area contributed by atoms with Gasteiger partial charge >= 0.3 is 0 Å². The SMILES string of the molecule is CC(C)[Si](Oc1ccc(C(=O)C(Sc2ccccc2O)c2ccccc2)cc1)(C(C)C)C(C)C. The second-order valence-corrected chi connectivity index (χ2v) is 16.2. The minimum absolute atomic E-state index is 0.00564. The van der Waals surface area contributed by atoms with Crippen molar-refractivity contribution in [3.63, 3.8) is 0 Å². The molecule has 1 atom stereocenters. The fourth-order valence-corrected chi connectivity index (χ4v) is 11.4. The number of benzene rings is 3. The summed E-state index contributed by atoms with van der Waals surface area (Å²) in [5, 5.41) is 9.83. The maximum Gasteiger partial charge on any atom is 0.258 e. The van der Waals surface area contributed by atoms with Crippen molar-refractivity contribution in [1.82, 2.24) is 0 Å². The minimum atomic E-state index is -2.06. The van der Waals surface area contributed by atoms with E-state index in [0.717, 1.165) is 11.3 Å². The van der Waals surface area contributed by atoms with Gasteiger partial charge in [0, 0.05) is 5.56 Å². The standard InChI is InChI=1S/C29H36O3SSi/c1-20(2)34(21(3)4,22(5)6)32-25-18-16-23(17-19-25)28(31)29(24-12-8-7-9-13-24)33-27-15-11-10-14-26(27)30/h7-22,29-30H,1-6H3. The largest absolute Gasteiger partial charge is 0.543 e. The van der Waals surface area contributed by atoms with Gasteiger partial charge in [-0.05, 0) is 58.6 Å². The number of para-hydroxylation sites is 1. The van der Waals surface area contributed by atoms with Crippen LogP contribution in [0.15, 0.2) is 83.8 Å². The molecule has 0 aliphatic carbocycles. The van der Waals surface area contributed by atoms with Crippen LogP contribution in [0.2, 0.25) is 16.6 Å². The van der Waals surface area contributed by atoms with Gasteiger partial charge in [-0.25, -0.2) is 0 Å². The van der Waals surface area contributed by atoms with E-state index in [1.165, 1.54) is 11.8 Å². The number of hydrogen-bond donors (Lipinski definition) is 1. The van der Waals surface area contributed by atoms with E-state index in [9.17, 15) is 9.90 Å². The first-order valence-electron chi connectivity index (χ1n) is 12.0. The highest BCUT2D eigenvalue weighted by Crippen LogP contribution is 2.44. The molecule has 0 aliphatic rings. The third-order valence-corrected chi connectivity index (χ3v) is 13.9. The molecule has 0 heterocycles. The summed E-state index contributed by atoms with van der Waals surface area (Å²) in [5.74, 6) is 1.03. The quantitative estimate of drug-likeness (QED) is 0.175. The number of thioether (sulfide) groups is 1. The number of ketones is 1. The lowest BCUT2D eigenvalue weighted by Crippen LogP contribution is -2.50. The van der Waals surface area contributed by atoms with Crippen molar-refractivity contribution < 1.29 is 14.3 Å². The van der Waals surface area contributed by atoms with Crippen molar-refractivity contribution in [2.45, 2.75) is 68.3 Å². The van der Waals surface area contributed by atoms with E-state index < -0.39 is 13.6 Å². The van der Waals surface area contributed by atoms with Gasteiger partial charge in [-0.3, -0.25) is 4.79 Å². The van der Waals surface area contributed by atoms with Gasteiger partial charge in [-0.15, -0.1) is 11.8 Å². The molecular weight excluding hydrogens is 456 g/mol. The Morgan fingerprint density at radius 1 is 0.765 bits per heavy atom. The molecule has 0 saturated heterocycles. The molecule has 0 bridgehead atoms. The molecule has 0 amide bonds. The Balaban J connectivity index is 1.90. The lowest BCUT2D eigenvalue weighted by atomic mass is 10.0. The van der Waals surface area contributed by atoms with Crippen molar-refractivity contribution >= 4 is 25.9 Å². The van der Waals surface area contributed by atoms with Crippen molar-refractivity contribution in [2.75, 3.05) is 0 Å². The third-order valence-electron chi connectivity index (χ3n) is 6.59. The third kappa shape index (κ3) is 5.58. The van der Waals surface area contributed by atoms with E-state index in [0.29, 0.717) is 27.1 Å². The molecule has 0 aliphatic heterocycles. The summed E-state index contributed by atoms with van der Waals surface area (Å²) in [5.41, 5.74) is 2.98. The van der Waals surface area contributed by atoms with E-state index >= 15 is 0 Å². The van der Waals surface area contributed by atoms with Crippen molar-refractivity contribution in [3.8, 4) is 11.5 Å². The van der Waals surface area contributed by atoms with E-state index in [1.807, 2.05) is 66.7 Å². The van der Waals surface area contributed by atoms with Gasteiger partial charge in [0.1, 0.15) is 11.5 Å². The molecule has 0 fully saturated rings. The Morgan fingerprint density at radius 2 is 1.29 bits per heavy atom. The maximum atomic E-state index is 13.6. The first kappa shape index (κ1) is 26.1. The number of phenolic OH excluding ortho intramolecular Hbond substituents is 1. The second kappa shape index (κ2) is 11.3. The van der Waals surface area contributed by atoms with Gasteiger partial charge in [-0.1, -0.05) is 84.0 Å². The number of rotatable bonds is 10. The monoisotopic (exact) mass is 492 g/mol. The van der Waals surface area contributed by atoms with Crippen LogP contribution in [0.25, 0.3) is 0 Å². The van der Waals surface area contributed by atoms with Gasteiger partial charge < -0.3 is 9.53 Å². The van der Waals surface area contributed by atoms with Crippen LogP contribution in [0.3, 0.4) is 0 Å². The van der Waals surface area contributed by atoms with E-state index in [4.69, 9.17) is 4.43 Å². The van der Waals surface area contributed by atoms with E-state index in [2.05, 4.69) is 41.5 Å². The molecular formula is C29H36O3SSi. The first-order chi connectivity index (χ1) is 16.2. The highest BCUT2D eigenvalue weighted by molar-refractivity contribution is 8.00. The molecule has 0 saturated carbocycles. The lowest BCUT2D eigenvalue weighted by Gasteiger charge is -2.42. The van der Waals surface area contributed by atoms with Gasteiger partial charge in [-0.2, -0.15) is 0 Å². The normalized spacial score (nSPS) is 12.9. The first-order valence-corrected chi connectivity index (χ1v) is 15.0. The maximum absolute atomic E-state index is 13.6. The zero-order valence-corrected chi connectivity index (χ0v) is 22.8. The number of phenols is 1. The summed E-state index contributed by atoms with van der Waals surface area (Å²) < 4.78 is 6.77. The average Bonchev–Trinajstić information content (AvgIpc) is 2.82. The number of carbonyl (C=O) groups excluding carboxylic acids is 1. The molecule has 180 valence electrons. The number of aromatic hydroxyl groups is 1. The zero-order chi connectivity index (χ0) is 24.9. The fourth-order valence-electron chi connectivity index (χ4n) is 4.98. The summed E-state index contributed by atoms with van der Waals surface area (Å²) in [7, 11) is -2.06. The predicted molar refractivity (Wildman–Crippen MR) is 146 cm³/mol. The molecule has 3 rings (SSSR count). The lowest BCUT2D eigenvalue weighted by molar-refractivity contribution is 0.0989. The molecule has 1 unspecified atom stereocenters. The van der Waals surface area contributed by atoms with Gasteiger partial charge in [0.25, 0.3) is 8.32 Å². The average molecular weight is 493 g/mol. The molecule has 1 N–H and O–H groups in total. The Kier molecular flexibility index (Phi) is 8.66. The highest BCUT2D eigenvalue weighted by atomic mass is 32.2. The van der Waals surface area contributed by atoms with Crippen LogP contribution in [0, 0.1) is 0 Å². The molecule has 0 aromatic heterocycles. The van der Waals surface area contributed by atoms with Gasteiger partial charge in [0.05, 0.1) is 10.1 Å². The Hall–Kier alpha value is -2.50. The van der Waals surface area contributed by atoms with Crippen molar-refractivity contribution in [3.05, 3.63) is 90.0 Å². The van der Waals surface area contributed by atoms with E-state index in [1.54, 1.807) is 12.1 Å². The fraction of sp³-hybridized carbons (Fsp3) is 0.345.